The lowest BCUT2D eigenvalue weighted by atomic mass is 10.0. The third kappa shape index (κ3) is 5.24. The fourth-order valence-corrected chi connectivity index (χ4v) is 6.59. The van der Waals surface area contributed by atoms with E-state index in [-0.39, 0.29) is 9.79 Å². The Kier molecular flexibility index (Phi) is 7.26. The van der Waals surface area contributed by atoms with E-state index in [2.05, 4.69) is 15.6 Å². The van der Waals surface area contributed by atoms with Crippen LogP contribution in [0.2, 0.25) is 0 Å². The van der Waals surface area contributed by atoms with E-state index < -0.39 is 20.2 Å². The minimum absolute atomic E-state index is 0.150. The van der Waals surface area contributed by atoms with Crippen LogP contribution < -0.4 is 10.6 Å². The van der Waals surface area contributed by atoms with Crippen molar-refractivity contribution >= 4 is 43.2 Å². The number of nitrogens with one attached hydrogen (secondary N) is 2. The van der Waals surface area contributed by atoms with E-state index in [1.807, 2.05) is 33.8 Å². The maximum absolute atomic E-state index is 12.0. The number of hydrogen-bond donors (Lipinski definition) is 4. The topological polar surface area (TPSA) is 146 Å². The zero-order valence-corrected chi connectivity index (χ0v) is 23.2. The third-order valence-corrected chi connectivity index (χ3v) is 8.63. The van der Waals surface area contributed by atoms with E-state index in [9.17, 15) is 25.9 Å². The molecule has 2 aromatic carbocycles. The first-order chi connectivity index (χ1) is 16.4. The molecule has 0 unspecified atom stereocenters. The minimum atomic E-state index is -4.43. The summed E-state index contributed by atoms with van der Waals surface area (Å²) in [4.78, 5) is 4.37. The normalized spacial score (nSPS) is 12.1. The number of pyridine rings is 1. The highest BCUT2D eigenvalue weighted by molar-refractivity contribution is 7.86. The van der Waals surface area contributed by atoms with Gasteiger partial charge < -0.3 is 10.6 Å². The van der Waals surface area contributed by atoms with Crippen LogP contribution in [0, 0.1) is 55.4 Å². The van der Waals surface area contributed by atoms with Gasteiger partial charge in [0.15, 0.2) is 0 Å². The molecule has 3 aromatic rings. The van der Waals surface area contributed by atoms with Gasteiger partial charge in [-0.25, -0.2) is 4.98 Å². The summed E-state index contributed by atoms with van der Waals surface area (Å²) in [6.45, 7) is 13.9. The lowest BCUT2D eigenvalue weighted by Crippen LogP contribution is -2.10. The van der Waals surface area contributed by atoms with Crippen LogP contribution in [-0.2, 0) is 20.2 Å². The molecule has 1 aromatic heterocycles. The Balaban J connectivity index is 2.15. The molecule has 4 N–H and O–H groups in total. The van der Waals surface area contributed by atoms with Crippen LogP contribution in [0.4, 0.5) is 23.0 Å². The number of aromatic nitrogens is 1. The lowest BCUT2D eigenvalue weighted by molar-refractivity contribution is 0.479. The number of anilines is 4. The van der Waals surface area contributed by atoms with Gasteiger partial charge in [0, 0.05) is 11.4 Å². The second-order valence-corrected chi connectivity index (χ2v) is 11.9. The molecule has 0 aliphatic heterocycles. The second-order valence-electron chi connectivity index (χ2n) is 9.18. The molecule has 0 aliphatic rings. The average molecular weight is 534 g/mol. The Labute approximate surface area is 212 Å². The number of rotatable bonds is 6. The van der Waals surface area contributed by atoms with Crippen LogP contribution in [0.1, 0.15) is 44.5 Å². The average Bonchev–Trinajstić information content (AvgIpc) is 2.69. The molecule has 3 rings (SSSR count). The minimum Gasteiger partial charge on any atom is -0.340 e. The van der Waals surface area contributed by atoms with Crippen molar-refractivity contribution < 1.29 is 25.9 Å². The molecule has 194 valence electrons. The standard InChI is InChI=1S/C25H31N3O6S2/c1-12-11-20(26-21-13(2)9-15(4)23(18(21)7)35(29,30)31)27-25(17(12)6)28-22-14(3)10-16(5)24(19(22)8)36(32,33)34/h9-11H,1-8H3,(H2,26,27,28)(H,29,30,31)(H,32,33,34). The van der Waals surface area contributed by atoms with Gasteiger partial charge in [0.05, 0.1) is 0 Å². The molecular weight excluding hydrogens is 502 g/mol. The first-order valence-electron chi connectivity index (χ1n) is 11.1. The van der Waals surface area contributed by atoms with Crippen LogP contribution >= 0.6 is 0 Å². The second kappa shape index (κ2) is 9.47. The molecule has 0 spiro atoms. The molecular formula is C25H31N3O6S2. The van der Waals surface area contributed by atoms with Gasteiger partial charge in [-0.2, -0.15) is 16.8 Å². The number of hydrogen-bond acceptors (Lipinski definition) is 7. The van der Waals surface area contributed by atoms with E-state index in [1.165, 1.54) is 0 Å². The SMILES string of the molecule is Cc1cc(Nc2c(C)cc(C)c(S(=O)(=O)O)c2C)nc(Nc2c(C)cc(C)c(S(=O)(=O)O)c2C)c1C. The van der Waals surface area contributed by atoms with Crippen LogP contribution in [0.15, 0.2) is 28.0 Å². The predicted octanol–water partition coefficient (Wildman–Crippen LogP) is 5.53. The molecule has 36 heavy (non-hydrogen) atoms. The van der Waals surface area contributed by atoms with Crippen LogP contribution in [0.25, 0.3) is 0 Å². The molecule has 0 radical (unpaired) electrons. The first-order valence-corrected chi connectivity index (χ1v) is 14.0. The zero-order valence-electron chi connectivity index (χ0n) is 21.5. The summed E-state index contributed by atoms with van der Waals surface area (Å²) in [5, 5.41) is 6.41. The monoisotopic (exact) mass is 533 g/mol. The van der Waals surface area contributed by atoms with E-state index in [0.717, 1.165) is 22.3 Å². The van der Waals surface area contributed by atoms with Crippen molar-refractivity contribution in [3.63, 3.8) is 0 Å². The van der Waals surface area contributed by atoms with E-state index in [1.54, 1.807) is 39.8 Å². The van der Waals surface area contributed by atoms with Gasteiger partial charge in [0.2, 0.25) is 0 Å². The number of benzene rings is 2. The molecule has 0 aliphatic carbocycles. The Bertz CT molecular complexity index is 1610. The maximum Gasteiger partial charge on any atom is 0.295 e. The summed E-state index contributed by atoms with van der Waals surface area (Å²) in [5.74, 6) is 0.889. The Morgan fingerprint density at radius 1 is 0.583 bits per heavy atom. The van der Waals surface area contributed by atoms with E-state index in [4.69, 9.17) is 0 Å². The molecule has 0 atom stereocenters. The van der Waals surface area contributed by atoms with Crippen LogP contribution in [-0.4, -0.2) is 30.9 Å². The van der Waals surface area contributed by atoms with Crippen molar-refractivity contribution in [2.45, 2.75) is 65.2 Å². The highest BCUT2D eigenvalue weighted by atomic mass is 32.2. The van der Waals surface area contributed by atoms with Crippen molar-refractivity contribution in [2.24, 2.45) is 0 Å². The Hall–Kier alpha value is -2.99. The summed E-state index contributed by atoms with van der Waals surface area (Å²) in [6, 6.07) is 5.16. The van der Waals surface area contributed by atoms with Gasteiger partial charge in [-0.15, -0.1) is 0 Å². The summed E-state index contributed by atoms with van der Waals surface area (Å²) in [5.41, 5.74) is 5.88. The number of aryl methyl sites for hydroxylation is 5. The Morgan fingerprint density at radius 2 is 1.00 bits per heavy atom. The smallest absolute Gasteiger partial charge is 0.295 e. The summed E-state index contributed by atoms with van der Waals surface area (Å²) in [7, 11) is -8.87. The van der Waals surface area contributed by atoms with E-state index >= 15 is 0 Å². The first kappa shape index (κ1) is 27.6. The molecule has 9 nitrogen and oxygen atoms in total. The van der Waals surface area contributed by atoms with Crippen molar-refractivity contribution in [1.29, 1.82) is 0 Å². The molecule has 0 saturated carbocycles. The summed E-state index contributed by atoms with van der Waals surface area (Å²) in [6.07, 6.45) is 0. The van der Waals surface area contributed by atoms with Crippen LogP contribution in [0.3, 0.4) is 0 Å². The predicted molar refractivity (Wildman–Crippen MR) is 141 cm³/mol. The summed E-state index contributed by atoms with van der Waals surface area (Å²) < 4.78 is 67.4. The fraction of sp³-hybridized carbons (Fsp3) is 0.320. The van der Waals surface area contributed by atoms with Crippen LogP contribution in [0.5, 0.6) is 0 Å². The molecule has 0 bridgehead atoms. The van der Waals surface area contributed by atoms with Gasteiger partial charge >= 0.3 is 0 Å². The molecule has 0 amide bonds. The van der Waals surface area contributed by atoms with Gasteiger partial charge in [0.1, 0.15) is 21.4 Å². The lowest BCUT2D eigenvalue weighted by Gasteiger charge is -2.21. The molecule has 11 heteroatoms. The molecule has 0 saturated heterocycles. The largest absolute Gasteiger partial charge is 0.340 e. The highest BCUT2D eigenvalue weighted by Gasteiger charge is 2.23. The van der Waals surface area contributed by atoms with Crippen molar-refractivity contribution in [3.05, 3.63) is 62.7 Å². The van der Waals surface area contributed by atoms with Crippen molar-refractivity contribution in [2.75, 3.05) is 10.6 Å². The van der Waals surface area contributed by atoms with Gasteiger partial charge in [-0.3, -0.25) is 9.11 Å². The molecule has 0 fully saturated rings. The van der Waals surface area contributed by atoms with Gasteiger partial charge in [-0.05, 0) is 106 Å². The highest BCUT2D eigenvalue weighted by Crippen LogP contribution is 2.35. The third-order valence-electron chi connectivity index (χ3n) is 6.35. The zero-order chi connectivity index (χ0) is 27.3. The number of nitrogens with zero attached hydrogens (tertiary/aromatic N) is 1. The van der Waals surface area contributed by atoms with Crippen molar-refractivity contribution in [1.82, 2.24) is 4.98 Å². The van der Waals surface area contributed by atoms with Crippen molar-refractivity contribution in [3.8, 4) is 0 Å². The quantitative estimate of drug-likeness (QED) is 0.300. The molecule has 1 heterocycles. The van der Waals surface area contributed by atoms with E-state index in [0.29, 0.717) is 45.3 Å². The Morgan fingerprint density at radius 3 is 1.42 bits per heavy atom. The maximum atomic E-state index is 12.0. The fourth-order valence-electron chi connectivity index (χ4n) is 4.68. The van der Waals surface area contributed by atoms with Gasteiger partial charge in [-0.1, -0.05) is 12.1 Å². The van der Waals surface area contributed by atoms with Gasteiger partial charge in [0.25, 0.3) is 20.2 Å². The summed E-state index contributed by atoms with van der Waals surface area (Å²) >= 11 is 0.